The van der Waals surface area contributed by atoms with E-state index in [-0.39, 0.29) is 30.7 Å². The van der Waals surface area contributed by atoms with Crippen molar-refractivity contribution in [1.82, 2.24) is 25.1 Å². The van der Waals surface area contributed by atoms with Gasteiger partial charge in [0.05, 0.1) is 11.9 Å². The average Bonchev–Trinajstić information content (AvgIpc) is 3.48. The van der Waals surface area contributed by atoms with Gasteiger partial charge in [0, 0.05) is 50.6 Å². The minimum atomic E-state index is -4.71. The lowest BCUT2D eigenvalue weighted by molar-refractivity contribution is -0.138. The van der Waals surface area contributed by atoms with Crippen LogP contribution in [0.15, 0.2) is 72.9 Å². The van der Waals surface area contributed by atoms with Crippen LogP contribution in [0.3, 0.4) is 0 Å². The van der Waals surface area contributed by atoms with Crippen LogP contribution in [0.2, 0.25) is 0 Å². The van der Waals surface area contributed by atoms with Crippen LogP contribution < -0.4 is 20.3 Å². The molecule has 3 aliphatic heterocycles. The normalized spacial score (nSPS) is 18.1. The number of carbonyl (C=O) groups excluding carboxylic acids is 3. The molecule has 1 aromatic heterocycles. The quantitative estimate of drug-likeness (QED) is 0.169. The number of anilines is 4. The second kappa shape index (κ2) is 15.5. The van der Waals surface area contributed by atoms with Gasteiger partial charge in [-0.2, -0.15) is 18.2 Å². The number of aromatic nitrogens is 2. The van der Waals surface area contributed by atoms with Gasteiger partial charge < -0.3 is 15.5 Å². The molecule has 3 aromatic carbocycles. The molecule has 1 unspecified atom stereocenters. The minimum absolute atomic E-state index is 0.0216. The first kappa shape index (κ1) is 38.7. The summed E-state index contributed by atoms with van der Waals surface area (Å²) in [6.07, 6.45) is -0.509. The number of nitrogens with zero attached hydrogens (tertiary/aromatic N) is 5. The van der Waals surface area contributed by atoms with Crippen LogP contribution in [0.4, 0.5) is 36.3 Å². The molecule has 294 valence electrons. The number of imide groups is 1. The third kappa shape index (κ3) is 8.63. The number of amides is 3. The second-order valence-corrected chi connectivity index (χ2v) is 16.4. The second-order valence-electron chi connectivity index (χ2n) is 14.4. The minimum Gasteiger partial charge on any atom is -0.365 e. The highest BCUT2D eigenvalue weighted by molar-refractivity contribution is 7.92. The van der Waals surface area contributed by atoms with Crippen molar-refractivity contribution in [1.29, 1.82) is 0 Å². The Balaban J connectivity index is 0.937. The average molecular weight is 791 g/mol. The van der Waals surface area contributed by atoms with Crippen LogP contribution in [-0.2, 0) is 45.4 Å². The molecular formula is C39H41F3N8O5S. The highest BCUT2D eigenvalue weighted by atomic mass is 32.2. The number of piperidine rings is 2. The van der Waals surface area contributed by atoms with E-state index in [1.807, 2.05) is 42.5 Å². The third-order valence-corrected chi connectivity index (χ3v) is 11.8. The van der Waals surface area contributed by atoms with Crippen molar-refractivity contribution < 1.29 is 36.0 Å². The predicted molar refractivity (Wildman–Crippen MR) is 204 cm³/mol. The van der Waals surface area contributed by atoms with Gasteiger partial charge in [-0.1, -0.05) is 36.4 Å². The summed E-state index contributed by atoms with van der Waals surface area (Å²) in [6.45, 7) is 2.77. The predicted octanol–water partition coefficient (Wildman–Crippen LogP) is 5.39. The van der Waals surface area contributed by atoms with Crippen molar-refractivity contribution in [2.75, 3.05) is 41.3 Å². The molecule has 3 aliphatic rings. The molecule has 17 heteroatoms. The molecule has 4 aromatic rings. The summed E-state index contributed by atoms with van der Waals surface area (Å²) in [5.74, 6) is -1.03. The van der Waals surface area contributed by atoms with Crippen molar-refractivity contribution >= 4 is 50.9 Å². The maximum Gasteiger partial charge on any atom is 0.421 e. The SMILES string of the molecule is CN(c1cccc(CNc2nc(Nc3ccc(C4CCN(Cc5ccc6c(c5)CN(C5CCC(=O)NC5=O)C6=O)CC4)cc3)ncc2C(F)(F)F)c1)S(C)(=O)=O. The molecule has 1 atom stereocenters. The fraction of sp³-hybridized carbons (Fsp3) is 0.359. The molecule has 56 heavy (non-hydrogen) atoms. The first-order valence-electron chi connectivity index (χ1n) is 18.2. The number of carbonyl (C=O) groups is 3. The maximum absolute atomic E-state index is 13.9. The number of benzene rings is 3. The Labute approximate surface area is 322 Å². The smallest absolute Gasteiger partial charge is 0.365 e. The van der Waals surface area contributed by atoms with E-state index in [0.29, 0.717) is 41.4 Å². The molecule has 2 saturated heterocycles. The van der Waals surface area contributed by atoms with Gasteiger partial charge in [-0.3, -0.25) is 28.9 Å². The summed E-state index contributed by atoms with van der Waals surface area (Å²) >= 11 is 0. The van der Waals surface area contributed by atoms with Gasteiger partial charge in [0.25, 0.3) is 5.91 Å². The first-order valence-corrected chi connectivity index (χ1v) is 20.0. The van der Waals surface area contributed by atoms with Crippen molar-refractivity contribution in [2.45, 2.75) is 63.5 Å². The number of hydrogen-bond acceptors (Lipinski definition) is 10. The Morgan fingerprint density at radius 2 is 1.71 bits per heavy atom. The Bertz CT molecular complexity index is 2260. The highest BCUT2D eigenvalue weighted by Gasteiger charge is 2.39. The van der Waals surface area contributed by atoms with Gasteiger partial charge in [-0.05, 0) is 90.9 Å². The molecule has 0 saturated carbocycles. The zero-order chi connectivity index (χ0) is 39.8. The van der Waals surface area contributed by atoms with Gasteiger partial charge in [0.15, 0.2) is 0 Å². The molecule has 0 spiro atoms. The number of likely N-dealkylation sites (tertiary alicyclic amines) is 1. The van der Waals surface area contributed by atoms with Gasteiger partial charge in [-0.15, -0.1) is 0 Å². The zero-order valence-corrected chi connectivity index (χ0v) is 31.6. The van der Waals surface area contributed by atoms with Crippen LogP contribution in [0, 0.1) is 0 Å². The molecular weight excluding hydrogens is 750 g/mol. The largest absolute Gasteiger partial charge is 0.421 e. The first-order chi connectivity index (χ1) is 26.6. The molecule has 4 heterocycles. The summed E-state index contributed by atoms with van der Waals surface area (Å²) < 4.78 is 66.7. The van der Waals surface area contributed by atoms with E-state index in [2.05, 4.69) is 30.8 Å². The highest BCUT2D eigenvalue weighted by Crippen LogP contribution is 2.35. The van der Waals surface area contributed by atoms with Crippen molar-refractivity contribution in [3.05, 3.63) is 106 Å². The Hall–Kier alpha value is -5.55. The number of rotatable bonds is 11. The summed E-state index contributed by atoms with van der Waals surface area (Å²) in [7, 11) is -2.13. The van der Waals surface area contributed by atoms with E-state index in [1.54, 1.807) is 29.2 Å². The van der Waals surface area contributed by atoms with E-state index >= 15 is 0 Å². The van der Waals surface area contributed by atoms with Crippen molar-refractivity contribution in [3.63, 3.8) is 0 Å². The molecule has 0 radical (unpaired) electrons. The number of alkyl halides is 3. The fourth-order valence-electron chi connectivity index (χ4n) is 7.40. The molecule has 13 nitrogen and oxygen atoms in total. The van der Waals surface area contributed by atoms with Crippen LogP contribution in [0.25, 0.3) is 0 Å². The van der Waals surface area contributed by atoms with Gasteiger partial charge >= 0.3 is 6.18 Å². The van der Waals surface area contributed by atoms with Gasteiger partial charge in [0.1, 0.15) is 17.4 Å². The van der Waals surface area contributed by atoms with Crippen molar-refractivity contribution in [2.24, 2.45) is 0 Å². The zero-order valence-electron chi connectivity index (χ0n) is 30.8. The fourth-order valence-corrected chi connectivity index (χ4v) is 7.90. The topological polar surface area (TPSA) is 157 Å². The third-order valence-electron chi connectivity index (χ3n) is 10.5. The summed E-state index contributed by atoms with van der Waals surface area (Å²) in [4.78, 5) is 49.0. The summed E-state index contributed by atoms with van der Waals surface area (Å²) in [5, 5.41) is 8.09. The van der Waals surface area contributed by atoms with Gasteiger partial charge in [-0.25, -0.2) is 13.4 Å². The lowest BCUT2D eigenvalue weighted by Gasteiger charge is -2.32. The lowest BCUT2D eigenvalue weighted by Crippen LogP contribution is -2.52. The maximum atomic E-state index is 13.9. The Kier molecular flexibility index (Phi) is 10.7. The number of hydrogen-bond donors (Lipinski definition) is 3. The molecule has 0 bridgehead atoms. The van der Waals surface area contributed by atoms with Crippen molar-refractivity contribution in [3.8, 4) is 0 Å². The van der Waals surface area contributed by atoms with E-state index in [9.17, 15) is 36.0 Å². The van der Waals surface area contributed by atoms with Crippen LogP contribution in [-0.4, -0.2) is 78.3 Å². The van der Waals surface area contributed by atoms with E-state index < -0.39 is 39.5 Å². The van der Waals surface area contributed by atoms with Crippen LogP contribution in [0.5, 0.6) is 0 Å². The molecule has 0 aliphatic carbocycles. The molecule has 3 N–H and O–H groups in total. The molecule has 3 amide bonds. The number of halogens is 3. The Morgan fingerprint density at radius 3 is 2.41 bits per heavy atom. The van der Waals surface area contributed by atoms with Crippen LogP contribution >= 0.6 is 0 Å². The van der Waals surface area contributed by atoms with E-state index in [0.717, 1.165) is 65.9 Å². The molecule has 2 fully saturated rings. The van der Waals surface area contributed by atoms with Gasteiger partial charge in [0.2, 0.25) is 27.8 Å². The molecule has 7 rings (SSSR count). The lowest BCUT2D eigenvalue weighted by atomic mass is 9.89. The standard InChI is InChI=1S/C39H41F3N8O5S/c1-48(56(2,54)55)30-5-3-4-24(19-30)20-43-35-32(39(40,41)42)21-44-38(47-35)45-29-9-7-26(8-10-29)27-14-16-49(17-15-27)22-25-6-11-31-28(18-25)23-50(37(31)53)33-12-13-34(51)46-36(33)52/h3-11,18-19,21,27,33H,12-17,20,22-23H2,1-2H3,(H,46,51,52)(H2,43,44,45,47). The summed E-state index contributed by atoms with van der Waals surface area (Å²) in [6, 6.07) is 19.4. The number of sulfonamides is 1. The van der Waals surface area contributed by atoms with Crippen LogP contribution in [0.1, 0.15) is 69.8 Å². The summed E-state index contributed by atoms with van der Waals surface area (Å²) in [5.41, 5.74) is 4.23. The van der Waals surface area contributed by atoms with E-state index in [1.165, 1.54) is 7.05 Å². The van der Waals surface area contributed by atoms with E-state index in [4.69, 9.17) is 0 Å². The Morgan fingerprint density at radius 1 is 0.964 bits per heavy atom. The number of nitrogens with one attached hydrogen (secondary N) is 3. The monoisotopic (exact) mass is 790 g/mol. The number of fused-ring (bicyclic) bond motifs is 1.